The standard InChI is InChI=1S/C56H74F2N2O16.2ClH/c1-59(23-17-35-31-43(69-7)49(73-11)51(75-13)45(35)37(59)25-33-27-39(65-3)47(71-9)40(28-33)66-4)21-15-19-55(53(61)62,56(57,58)54(63)64)20-16-22-60(2)24-18-36-32-44(70-8)50(74-12)52(76-14)46(36)38(60)26-34-29-41(67-5)48(72-10)42(30-34)68-6;;/h27-32,37-38H,15-26H2,1-14H3;2*1H/t37-,38-,59+,60+;;/m1../s1. The van der Waals surface area contributed by atoms with Gasteiger partial charge in [-0.3, -0.25) is 4.79 Å². The van der Waals surface area contributed by atoms with Crippen LogP contribution >= 0.6 is 0 Å². The summed E-state index contributed by atoms with van der Waals surface area (Å²) in [6.45, 7) is 1.37. The molecule has 0 aliphatic carbocycles. The van der Waals surface area contributed by atoms with Crippen LogP contribution in [0.3, 0.4) is 0 Å². The number of methoxy groups -OCH3 is 12. The van der Waals surface area contributed by atoms with E-state index in [9.17, 15) is 19.8 Å². The van der Waals surface area contributed by atoms with Crippen molar-refractivity contribution in [3.63, 3.8) is 0 Å². The monoisotopic (exact) mass is 1140 g/mol. The Morgan fingerprint density at radius 1 is 0.474 bits per heavy atom. The van der Waals surface area contributed by atoms with Crippen LogP contribution in [0.15, 0.2) is 36.4 Å². The number of alkyl halides is 2. The zero-order chi connectivity index (χ0) is 55.9. The topological polar surface area (TPSA) is 185 Å². The van der Waals surface area contributed by atoms with Crippen molar-refractivity contribution in [2.75, 3.05) is 126 Å². The number of benzene rings is 4. The molecule has 0 unspecified atom stereocenters. The maximum Gasteiger partial charge on any atom is 0.375 e. The number of quaternary nitrogens is 2. The SMILES string of the molecule is COc1cc(C[C@@H]2c3c(cc(OC)c(OC)c3OC)CC[N@+]2(C)CCCC(CCC[N@@+]2(C)CCc3cc(OC)c(OC)c(OC)c3[C@H]2Cc2cc(OC)c(OC)c(OC)c2)(C(=O)O)C(F)(F)C(=O)O)cc(OC)c1OC.[Cl-].[Cl-]. The van der Waals surface area contributed by atoms with Crippen LogP contribution in [0.2, 0.25) is 0 Å². The molecule has 4 atom stereocenters. The highest BCUT2D eigenvalue weighted by Crippen LogP contribution is 2.54. The van der Waals surface area contributed by atoms with Gasteiger partial charge in [0.1, 0.15) is 17.5 Å². The fourth-order valence-corrected chi connectivity index (χ4v) is 11.9. The maximum atomic E-state index is 16.7. The minimum absolute atomic E-state index is 0. The van der Waals surface area contributed by atoms with Gasteiger partial charge in [0.2, 0.25) is 23.0 Å². The number of hydrogen-bond donors (Lipinski definition) is 2. The van der Waals surface area contributed by atoms with Crippen LogP contribution in [0, 0.1) is 5.41 Å². The molecule has 0 amide bonds. The fraction of sp³-hybridized carbons (Fsp3) is 0.536. The second kappa shape index (κ2) is 26.6. The van der Waals surface area contributed by atoms with Crippen LogP contribution in [-0.2, 0) is 35.3 Å². The zero-order valence-corrected chi connectivity index (χ0v) is 48.6. The second-order valence-corrected chi connectivity index (χ2v) is 19.8. The fourth-order valence-electron chi connectivity index (χ4n) is 11.9. The summed E-state index contributed by atoms with van der Waals surface area (Å²) in [5, 5.41) is 21.3. The summed E-state index contributed by atoms with van der Waals surface area (Å²) in [5.41, 5.74) is 2.04. The third kappa shape index (κ3) is 11.9. The molecule has 0 saturated carbocycles. The van der Waals surface area contributed by atoms with Crippen LogP contribution in [0.25, 0.3) is 0 Å². The first kappa shape index (κ1) is 64.3. The molecule has 2 heterocycles. The normalized spacial score (nSPS) is 18.6. The molecule has 2 aliphatic rings. The number of carboxylic acid groups (broad SMARTS) is 2. The number of ether oxygens (including phenoxy) is 12. The average Bonchev–Trinajstić information content (AvgIpc) is 3.43. The molecule has 6 rings (SSSR count). The van der Waals surface area contributed by atoms with Gasteiger partial charge in [-0.1, -0.05) is 0 Å². The molecule has 0 aromatic heterocycles. The first-order valence-corrected chi connectivity index (χ1v) is 25.0. The highest BCUT2D eigenvalue weighted by Gasteiger charge is 2.64. The first-order chi connectivity index (χ1) is 36.2. The first-order valence-electron chi connectivity index (χ1n) is 25.0. The molecule has 2 N–H and O–H groups in total. The molecular weight excluding hydrogens is 1070 g/mol. The molecule has 22 heteroatoms. The van der Waals surface area contributed by atoms with Gasteiger partial charge in [0, 0.05) is 25.7 Å². The Morgan fingerprint density at radius 2 is 0.769 bits per heavy atom. The lowest BCUT2D eigenvalue weighted by Crippen LogP contribution is -3.00. The Labute approximate surface area is 468 Å². The van der Waals surface area contributed by atoms with E-state index in [1.165, 1.54) is 85.3 Å². The summed E-state index contributed by atoms with van der Waals surface area (Å²) < 4.78 is 103. The smallest absolute Gasteiger partial charge is 0.375 e. The van der Waals surface area contributed by atoms with Gasteiger partial charge in [-0.05, 0) is 84.3 Å². The zero-order valence-electron chi connectivity index (χ0n) is 47.1. The summed E-state index contributed by atoms with van der Waals surface area (Å²) in [6.07, 6.45) is 0.287. The predicted molar refractivity (Wildman–Crippen MR) is 278 cm³/mol. The lowest BCUT2D eigenvalue weighted by molar-refractivity contribution is -0.941. The van der Waals surface area contributed by atoms with Crippen molar-refractivity contribution in [2.24, 2.45) is 5.41 Å². The van der Waals surface area contributed by atoms with Crippen molar-refractivity contribution in [3.05, 3.63) is 69.8 Å². The number of aliphatic carboxylic acids is 2. The van der Waals surface area contributed by atoms with E-state index >= 15 is 8.78 Å². The van der Waals surface area contributed by atoms with Gasteiger partial charge in [-0.2, -0.15) is 8.78 Å². The van der Waals surface area contributed by atoms with E-state index in [1.807, 2.05) is 50.5 Å². The molecule has 0 bridgehead atoms. The van der Waals surface area contributed by atoms with Crippen molar-refractivity contribution in [1.82, 2.24) is 0 Å². The van der Waals surface area contributed by atoms with Crippen LogP contribution < -0.4 is 81.7 Å². The van der Waals surface area contributed by atoms with Crippen molar-refractivity contribution in [3.8, 4) is 69.0 Å². The van der Waals surface area contributed by atoms with Gasteiger partial charge in [0.05, 0.1) is 137 Å². The van der Waals surface area contributed by atoms with Gasteiger partial charge < -0.3 is 101 Å². The molecule has 4 aromatic rings. The van der Waals surface area contributed by atoms with Crippen molar-refractivity contribution in [1.29, 1.82) is 0 Å². The number of hydrogen-bond acceptors (Lipinski definition) is 14. The minimum Gasteiger partial charge on any atom is -1.00 e. The summed E-state index contributed by atoms with van der Waals surface area (Å²) in [5.74, 6) is -3.98. The number of carboxylic acids is 2. The van der Waals surface area contributed by atoms with E-state index in [4.69, 9.17) is 56.8 Å². The van der Waals surface area contributed by atoms with Crippen LogP contribution in [0.5, 0.6) is 69.0 Å². The molecular formula is C56H76Cl2F2N2O16. The molecule has 0 radical (unpaired) electrons. The molecule has 4 aromatic carbocycles. The molecule has 78 heavy (non-hydrogen) atoms. The van der Waals surface area contributed by atoms with E-state index in [2.05, 4.69) is 0 Å². The Bertz CT molecular complexity index is 2540. The number of likely N-dealkylation sites (N-methyl/N-ethyl adjacent to an activating group) is 2. The summed E-state index contributed by atoms with van der Waals surface area (Å²) in [6, 6.07) is 10.3. The Balaban J connectivity index is 0.00000656. The molecule has 18 nitrogen and oxygen atoms in total. The van der Waals surface area contributed by atoms with Crippen LogP contribution in [-0.4, -0.2) is 163 Å². The van der Waals surface area contributed by atoms with Gasteiger partial charge in [0.15, 0.2) is 46.0 Å². The van der Waals surface area contributed by atoms with Gasteiger partial charge in [0.25, 0.3) is 0 Å². The minimum atomic E-state index is -4.66. The number of carbonyl (C=O) groups is 2. The molecule has 0 saturated heterocycles. The van der Waals surface area contributed by atoms with Crippen LogP contribution in [0.1, 0.15) is 71.1 Å². The molecule has 0 fully saturated rings. The molecule has 434 valence electrons. The maximum absolute atomic E-state index is 16.7. The van der Waals surface area contributed by atoms with E-state index in [1.54, 1.807) is 0 Å². The van der Waals surface area contributed by atoms with Crippen molar-refractivity contribution < 1.29 is 119 Å². The number of rotatable bonds is 27. The van der Waals surface area contributed by atoms with Gasteiger partial charge in [-0.15, -0.1) is 0 Å². The van der Waals surface area contributed by atoms with E-state index in [-0.39, 0.29) is 59.7 Å². The lowest BCUT2D eigenvalue weighted by atomic mass is 9.72. The van der Waals surface area contributed by atoms with Crippen molar-refractivity contribution >= 4 is 11.9 Å². The van der Waals surface area contributed by atoms with E-state index in [0.29, 0.717) is 108 Å². The summed E-state index contributed by atoms with van der Waals surface area (Å²) in [4.78, 5) is 26.4. The average molecular weight is 1140 g/mol. The molecule has 2 aliphatic heterocycles. The summed E-state index contributed by atoms with van der Waals surface area (Å²) in [7, 11) is 22.3. The van der Waals surface area contributed by atoms with E-state index in [0.717, 1.165) is 33.4 Å². The Morgan fingerprint density at radius 3 is 1.03 bits per heavy atom. The number of nitrogens with zero attached hydrogens (tertiary/aromatic N) is 2. The third-order valence-electron chi connectivity index (χ3n) is 16.0. The van der Waals surface area contributed by atoms with Crippen molar-refractivity contribution in [2.45, 2.75) is 69.4 Å². The lowest BCUT2D eigenvalue weighted by Gasteiger charge is -2.47. The van der Waals surface area contributed by atoms with Gasteiger partial charge >= 0.3 is 17.9 Å². The highest BCUT2D eigenvalue weighted by atomic mass is 35.5. The highest BCUT2D eigenvalue weighted by molar-refractivity contribution is 5.87. The van der Waals surface area contributed by atoms with E-state index < -0.39 is 48.2 Å². The van der Waals surface area contributed by atoms with Gasteiger partial charge in [-0.25, -0.2) is 4.79 Å². The summed E-state index contributed by atoms with van der Waals surface area (Å²) >= 11 is 0. The Hall–Kier alpha value is -6.22. The number of fused-ring (bicyclic) bond motifs is 2. The predicted octanol–water partition coefficient (Wildman–Crippen LogP) is 2.42. The molecule has 0 spiro atoms. The quantitative estimate of drug-likeness (QED) is 0.0830. The van der Waals surface area contributed by atoms with Crippen LogP contribution in [0.4, 0.5) is 8.78 Å². The second-order valence-electron chi connectivity index (χ2n) is 19.8. The number of halogens is 4. The third-order valence-corrected chi connectivity index (χ3v) is 16.0. The largest absolute Gasteiger partial charge is 1.00 e. The Kier molecular flexibility index (Phi) is 21.9.